The second-order valence-electron chi connectivity index (χ2n) is 4.36. The number of carboxylic acids is 1. The largest absolute Gasteiger partial charge is 0.477 e. The van der Waals surface area contributed by atoms with Crippen molar-refractivity contribution >= 4 is 27.3 Å². The van der Waals surface area contributed by atoms with Gasteiger partial charge in [-0.15, -0.1) is 11.3 Å². The fraction of sp³-hybridized carbons (Fsp3) is 0.583. The Morgan fingerprint density at radius 1 is 1.40 bits per heavy atom. The van der Waals surface area contributed by atoms with E-state index < -0.39 is 16.0 Å². The molecule has 0 aliphatic rings. The Bertz CT molecular complexity index is 564. The summed E-state index contributed by atoms with van der Waals surface area (Å²) in [6.45, 7) is 3.59. The first-order valence-electron chi connectivity index (χ1n) is 6.29. The minimum Gasteiger partial charge on any atom is -0.477 e. The fourth-order valence-electron chi connectivity index (χ4n) is 1.72. The van der Waals surface area contributed by atoms with Gasteiger partial charge in [0.25, 0.3) is 10.0 Å². The van der Waals surface area contributed by atoms with E-state index in [0.717, 1.165) is 17.8 Å². The molecule has 0 unspecified atom stereocenters. The molecule has 1 aromatic rings. The lowest BCUT2D eigenvalue weighted by atomic mass is 10.3. The first kappa shape index (κ1) is 17.1. The Kier molecular flexibility index (Phi) is 6.12. The molecule has 114 valence electrons. The number of rotatable bonds is 8. The molecule has 1 rings (SSSR count). The molecule has 1 heterocycles. The molecule has 0 atom stereocenters. The summed E-state index contributed by atoms with van der Waals surface area (Å²) in [7, 11) is -3.74. The smallest absolute Gasteiger partial charge is 0.346 e. The highest BCUT2D eigenvalue weighted by atomic mass is 32.2. The van der Waals surface area contributed by atoms with E-state index in [1.807, 2.05) is 6.92 Å². The predicted molar refractivity (Wildman–Crippen MR) is 76.8 cm³/mol. The van der Waals surface area contributed by atoms with Crippen molar-refractivity contribution in [2.75, 3.05) is 19.7 Å². The van der Waals surface area contributed by atoms with Gasteiger partial charge in [0.2, 0.25) is 0 Å². The van der Waals surface area contributed by atoms with Crippen molar-refractivity contribution in [2.24, 2.45) is 0 Å². The number of unbranched alkanes of at least 4 members (excludes halogenated alkanes) is 1. The molecule has 0 aliphatic carbocycles. The normalized spacial score (nSPS) is 12.0. The molecule has 0 amide bonds. The van der Waals surface area contributed by atoms with Crippen LogP contribution in [-0.4, -0.2) is 48.6 Å². The van der Waals surface area contributed by atoms with Crippen molar-refractivity contribution < 1.29 is 23.4 Å². The number of hydrogen-bond acceptors (Lipinski definition) is 5. The summed E-state index contributed by atoms with van der Waals surface area (Å²) >= 11 is 0.751. The Balaban J connectivity index is 3.12. The average molecular weight is 321 g/mol. The molecule has 1 aromatic heterocycles. The third kappa shape index (κ3) is 3.78. The standard InChI is InChI=1S/C12H19NO5S2/c1-3-4-5-13(6-7-14)20(17,18)10-8-9(2)11(19-10)12(15)16/h8,14H,3-7H2,1-2H3,(H,15,16). The van der Waals surface area contributed by atoms with Crippen LogP contribution in [0.15, 0.2) is 10.3 Å². The lowest BCUT2D eigenvalue weighted by Crippen LogP contribution is -2.34. The van der Waals surface area contributed by atoms with Crippen molar-refractivity contribution in [3.8, 4) is 0 Å². The van der Waals surface area contributed by atoms with E-state index in [9.17, 15) is 13.2 Å². The van der Waals surface area contributed by atoms with Gasteiger partial charge in [-0.2, -0.15) is 4.31 Å². The number of aliphatic hydroxyl groups excluding tert-OH is 1. The van der Waals surface area contributed by atoms with Crippen molar-refractivity contribution in [3.05, 3.63) is 16.5 Å². The molecule has 2 N–H and O–H groups in total. The first-order chi connectivity index (χ1) is 9.34. The molecule has 0 saturated heterocycles. The van der Waals surface area contributed by atoms with Crippen molar-refractivity contribution in [1.82, 2.24) is 4.31 Å². The van der Waals surface area contributed by atoms with E-state index in [-0.39, 0.29) is 22.2 Å². The summed E-state index contributed by atoms with van der Waals surface area (Å²) in [6.07, 6.45) is 1.52. The van der Waals surface area contributed by atoms with E-state index in [4.69, 9.17) is 10.2 Å². The highest BCUT2D eigenvalue weighted by Crippen LogP contribution is 2.28. The van der Waals surface area contributed by atoms with Gasteiger partial charge >= 0.3 is 5.97 Å². The SMILES string of the molecule is CCCCN(CCO)S(=O)(=O)c1cc(C)c(C(=O)O)s1. The monoisotopic (exact) mass is 321 g/mol. The Hall–Kier alpha value is -0.960. The molecule has 0 aromatic carbocycles. The third-order valence-electron chi connectivity index (χ3n) is 2.79. The molecule has 0 spiro atoms. The zero-order chi connectivity index (χ0) is 15.3. The summed E-state index contributed by atoms with van der Waals surface area (Å²) in [5.74, 6) is -1.13. The van der Waals surface area contributed by atoms with Crippen molar-refractivity contribution in [3.63, 3.8) is 0 Å². The van der Waals surface area contributed by atoms with E-state index >= 15 is 0 Å². The predicted octanol–water partition coefficient (Wildman–Crippen LogP) is 1.54. The van der Waals surface area contributed by atoms with Gasteiger partial charge in [-0.25, -0.2) is 13.2 Å². The maximum atomic E-state index is 12.4. The fourth-order valence-corrected chi connectivity index (χ4v) is 4.72. The number of carboxylic acid groups (broad SMARTS) is 1. The number of carbonyl (C=O) groups is 1. The van der Waals surface area contributed by atoms with E-state index in [0.29, 0.717) is 18.5 Å². The van der Waals surface area contributed by atoms with Gasteiger partial charge in [0.15, 0.2) is 0 Å². The minimum atomic E-state index is -3.74. The summed E-state index contributed by atoms with van der Waals surface area (Å²) in [6, 6.07) is 1.37. The number of aryl methyl sites for hydroxylation is 1. The Morgan fingerprint density at radius 3 is 2.50 bits per heavy atom. The van der Waals surface area contributed by atoms with Gasteiger partial charge < -0.3 is 10.2 Å². The summed E-state index contributed by atoms with van der Waals surface area (Å²) in [4.78, 5) is 11.0. The molecule has 0 bridgehead atoms. The maximum absolute atomic E-state index is 12.4. The summed E-state index contributed by atoms with van der Waals surface area (Å²) in [5, 5.41) is 18.0. The number of aliphatic hydroxyl groups is 1. The number of thiophene rings is 1. The van der Waals surface area contributed by atoms with E-state index in [2.05, 4.69) is 0 Å². The zero-order valence-electron chi connectivity index (χ0n) is 11.5. The molecule has 6 nitrogen and oxygen atoms in total. The van der Waals surface area contributed by atoms with Crippen LogP contribution in [0.1, 0.15) is 35.0 Å². The minimum absolute atomic E-state index is 0.0111. The van der Waals surface area contributed by atoms with Crippen molar-refractivity contribution in [1.29, 1.82) is 0 Å². The second kappa shape index (κ2) is 7.16. The molecule has 0 fully saturated rings. The van der Waals surface area contributed by atoms with Crippen LogP contribution in [0.5, 0.6) is 0 Å². The van der Waals surface area contributed by atoms with Crippen LogP contribution in [0.4, 0.5) is 0 Å². The number of aromatic carboxylic acids is 1. The van der Waals surface area contributed by atoms with Crippen molar-refractivity contribution in [2.45, 2.75) is 30.9 Å². The molecular formula is C12H19NO5S2. The van der Waals surface area contributed by atoms with Gasteiger partial charge in [-0.05, 0) is 25.0 Å². The van der Waals surface area contributed by atoms with E-state index in [1.165, 1.54) is 10.4 Å². The summed E-state index contributed by atoms with van der Waals surface area (Å²) in [5.41, 5.74) is 0.431. The highest BCUT2D eigenvalue weighted by molar-refractivity contribution is 7.91. The third-order valence-corrected chi connectivity index (χ3v) is 6.37. The number of nitrogens with zero attached hydrogens (tertiary/aromatic N) is 1. The summed E-state index contributed by atoms with van der Waals surface area (Å²) < 4.78 is 26.1. The second-order valence-corrected chi connectivity index (χ2v) is 7.58. The Morgan fingerprint density at radius 2 is 2.05 bits per heavy atom. The quantitative estimate of drug-likeness (QED) is 0.757. The van der Waals surface area contributed by atoms with Crippen LogP contribution >= 0.6 is 11.3 Å². The van der Waals surface area contributed by atoms with Gasteiger partial charge in [-0.1, -0.05) is 13.3 Å². The van der Waals surface area contributed by atoms with Gasteiger partial charge in [0.1, 0.15) is 9.09 Å². The van der Waals surface area contributed by atoms with Crippen LogP contribution in [-0.2, 0) is 10.0 Å². The van der Waals surface area contributed by atoms with Gasteiger partial charge in [0.05, 0.1) is 6.61 Å². The maximum Gasteiger partial charge on any atom is 0.346 e. The lowest BCUT2D eigenvalue weighted by molar-refractivity contribution is 0.0701. The van der Waals surface area contributed by atoms with Gasteiger partial charge in [0, 0.05) is 13.1 Å². The van der Waals surface area contributed by atoms with Crippen LogP contribution in [0.25, 0.3) is 0 Å². The van der Waals surface area contributed by atoms with Crippen LogP contribution in [0.3, 0.4) is 0 Å². The first-order valence-corrected chi connectivity index (χ1v) is 8.55. The highest BCUT2D eigenvalue weighted by Gasteiger charge is 2.27. The van der Waals surface area contributed by atoms with Crippen LogP contribution < -0.4 is 0 Å². The molecule has 0 radical (unpaired) electrons. The lowest BCUT2D eigenvalue weighted by Gasteiger charge is -2.19. The zero-order valence-corrected chi connectivity index (χ0v) is 13.1. The molecule has 0 aliphatic heterocycles. The molecule has 20 heavy (non-hydrogen) atoms. The Labute approximate surface area is 122 Å². The number of hydrogen-bond donors (Lipinski definition) is 2. The average Bonchev–Trinajstić information content (AvgIpc) is 2.77. The van der Waals surface area contributed by atoms with Crippen LogP contribution in [0, 0.1) is 6.92 Å². The molecular weight excluding hydrogens is 302 g/mol. The van der Waals surface area contributed by atoms with Gasteiger partial charge in [-0.3, -0.25) is 0 Å². The molecule has 0 saturated carbocycles. The molecule has 8 heteroatoms. The topological polar surface area (TPSA) is 94.9 Å². The van der Waals surface area contributed by atoms with E-state index in [1.54, 1.807) is 6.92 Å². The number of sulfonamides is 1. The van der Waals surface area contributed by atoms with Crippen LogP contribution in [0.2, 0.25) is 0 Å².